The van der Waals surface area contributed by atoms with Crippen molar-refractivity contribution in [3.8, 4) is 17.2 Å². The van der Waals surface area contributed by atoms with E-state index in [0.717, 1.165) is 0 Å². The SMILES string of the molecule is COc1cc(C(C)(C)F)c(Oc2cnc(N)nc2N)cc1Cl. The first-order valence-corrected chi connectivity index (χ1v) is 6.73. The number of ether oxygens (including phenoxy) is 2. The lowest BCUT2D eigenvalue weighted by Gasteiger charge is -2.21. The second-order valence-corrected chi connectivity index (χ2v) is 5.44. The number of methoxy groups -OCH3 is 1. The number of hydrogen-bond acceptors (Lipinski definition) is 6. The van der Waals surface area contributed by atoms with E-state index < -0.39 is 5.67 Å². The Morgan fingerprint density at radius 2 is 1.86 bits per heavy atom. The predicted octanol–water partition coefficient (Wildman–Crippen LogP) is 3.30. The van der Waals surface area contributed by atoms with Crippen LogP contribution in [0.1, 0.15) is 19.4 Å². The van der Waals surface area contributed by atoms with E-state index in [0.29, 0.717) is 5.75 Å². The molecule has 0 atom stereocenters. The summed E-state index contributed by atoms with van der Waals surface area (Å²) in [6, 6.07) is 2.93. The Morgan fingerprint density at radius 1 is 1.18 bits per heavy atom. The molecule has 0 aliphatic heterocycles. The van der Waals surface area contributed by atoms with Crippen LogP contribution in [-0.4, -0.2) is 17.1 Å². The number of anilines is 2. The van der Waals surface area contributed by atoms with Gasteiger partial charge in [0.05, 0.1) is 18.3 Å². The van der Waals surface area contributed by atoms with Crippen LogP contribution in [-0.2, 0) is 5.67 Å². The number of aromatic nitrogens is 2. The van der Waals surface area contributed by atoms with Gasteiger partial charge in [0, 0.05) is 11.6 Å². The van der Waals surface area contributed by atoms with Crippen molar-refractivity contribution in [3.63, 3.8) is 0 Å². The molecule has 0 radical (unpaired) electrons. The molecule has 2 aromatic rings. The van der Waals surface area contributed by atoms with Crippen LogP contribution in [0.25, 0.3) is 0 Å². The quantitative estimate of drug-likeness (QED) is 0.894. The zero-order chi connectivity index (χ0) is 16.5. The van der Waals surface area contributed by atoms with E-state index in [1.807, 2.05) is 0 Å². The van der Waals surface area contributed by atoms with Gasteiger partial charge in [0.25, 0.3) is 0 Å². The van der Waals surface area contributed by atoms with Crippen LogP contribution in [0, 0.1) is 0 Å². The molecular weight excluding hydrogens is 311 g/mol. The van der Waals surface area contributed by atoms with Gasteiger partial charge >= 0.3 is 0 Å². The second kappa shape index (κ2) is 5.84. The molecule has 0 saturated carbocycles. The summed E-state index contributed by atoms with van der Waals surface area (Å²) in [6.07, 6.45) is 1.31. The van der Waals surface area contributed by atoms with Crippen molar-refractivity contribution >= 4 is 23.4 Å². The average Bonchev–Trinajstić information content (AvgIpc) is 2.40. The highest BCUT2D eigenvalue weighted by atomic mass is 35.5. The fourth-order valence-electron chi connectivity index (χ4n) is 1.84. The number of benzene rings is 1. The molecule has 4 N–H and O–H groups in total. The number of nitrogens with two attached hydrogens (primary N) is 2. The molecule has 2 rings (SSSR count). The van der Waals surface area contributed by atoms with Gasteiger partial charge in [-0.05, 0) is 19.9 Å². The Bertz CT molecular complexity index is 704. The van der Waals surface area contributed by atoms with Gasteiger partial charge in [-0.3, -0.25) is 0 Å². The fourth-order valence-corrected chi connectivity index (χ4v) is 2.07. The summed E-state index contributed by atoms with van der Waals surface area (Å²) < 4.78 is 25.2. The Labute approximate surface area is 132 Å². The summed E-state index contributed by atoms with van der Waals surface area (Å²) >= 11 is 6.07. The lowest BCUT2D eigenvalue weighted by molar-refractivity contribution is 0.215. The van der Waals surface area contributed by atoms with Crippen molar-refractivity contribution < 1.29 is 13.9 Å². The number of hydrogen-bond donors (Lipinski definition) is 2. The largest absolute Gasteiger partial charge is 0.495 e. The Balaban J connectivity index is 2.52. The van der Waals surface area contributed by atoms with Crippen LogP contribution < -0.4 is 20.9 Å². The van der Waals surface area contributed by atoms with Gasteiger partial charge in [-0.2, -0.15) is 4.98 Å². The smallest absolute Gasteiger partial charge is 0.222 e. The van der Waals surface area contributed by atoms with Crippen molar-refractivity contribution in [1.82, 2.24) is 9.97 Å². The first-order valence-electron chi connectivity index (χ1n) is 6.35. The van der Waals surface area contributed by atoms with E-state index >= 15 is 0 Å². The number of rotatable bonds is 4. The molecule has 22 heavy (non-hydrogen) atoms. The van der Waals surface area contributed by atoms with Crippen molar-refractivity contribution in [2.45, 2.75) is 19.5 Å². The van der Waals surface area contributed by atoms with E-state index in [1.165, 1.54) is 39.3 Å². The van der Waals surface area contributed by atoms with Gasteiger partial charge in [0.15, 0.2) is 11.6 Å². The Morgan fingerprint density at radius 3 is 2.41 bits per heavy atom. The minimum atomic E-state index is -1.68. The molecule has 0 unspecified atom stereocenters. The molecule has 0 spiro atoms. The van der Waals surface area contributed by atoms with Crippen LogP contribution >= 0.6 is 11.6 Å². The highest BCUT2D eigenvalue weighted by molar-refractivity contribution is 6.32. The maximum absolute atomic E-state index is 14.4. The first kappa shape index (κ1) is 16.1. The maximum Gasteiger partial charge on any atom is 0.222 e. The summed E-state index contributed by atoms with van der Waals surface area (Å²) in [7, 11) is 1.45. The van der Waals surface area contributed by atoms with Gasteiger partial charge in [-0.1, -0.05) is 11.6 Å². The van der Waals surface area contributed by atoms with E-state index in [9.17, 15) is 4.39 Å². The van der Waals surface area contributed by atoms with E-state index in [1.54, 1.807) is 0 Å². The van der Waals surface area contributed by atoms with Gasteiger partial charge in [0.2, 0.25) is 5.95 Å². The Hall–Kier alpha value is -2.28. The molecule has 0 saturated heterocycles. The monoisotopic (exact) mass is 326 g/mol. The third-order valence-electron chi connectivity index (χ3n) is 2.92. The van der Waals surface area contributed by atoms with Gasteiger partial charge < -0.3 is 20.9 Å². The molecule has 0 amide bonds. The maximum atomic E-state index is 14.4. The van der Waals surface area contributed by atoms with Crippen molar-refractivity contribution in [3.05, 3.63) is 28.9 Å². The van der Waals surface area contributed by atoms with Crippen molar-refractivity contribution in [2.24, 2.45) is 0 Å². The lowest BCUT2D eigenvalue weighted by Crippen LogP contribution is -2.12. The first-order chi connectivity index (χ1) is 10.2. The molecule has 0 aliphatic rings. The third-order valence-corrected chi connectivity index (χ3v) is 3.21. The molecule has 0 fully saturated rings. The number of nitrogens with zero attached hydrogens (tertiary/aromatic N) is 2. The highest BCUT2D eigenvalue weighted by Gasteiger charge is 2.26. The fraction of sp³-hybridized carbons (Fsp3) is 0.286. The van der Waals surface area contributed by atoms with Crippen LogP contribution in [0.15, 0.2) is 18.3 Å². The summed E-state index contributed by atoms with van der Waals surface area (Å²) in [5, 5.41) is 0.278. The standard InChI is InChI=1S/C14H16ClFN4O2/c1-14(2,16)7-4-10(21-3)8(15)5-9(7)22-11-6-19-13(18)20-12(11)17/h4-6H,1-3H3,(H4,17,18,19,20). The van der Waals surface area contributed by atoms with E-state index in [4.69, 9.17) is 32.5 Å². The van der Waals surface area contributed by atoms with Gasteiger partial charge in [-0.25, -0.2) is 9.37 Å². The number of nitrogen functional groups attached to an aromatic ring is 2. The molecule has 1 heterocycles. The minimum absolute atomic E-state index is 0.0173. The summed E-state index contributed by atoms with van der Waals surface area (Å²) in [5.41, 5.74) is 9.71. The number of halogens is 2. The van der Waals surface area contributed by atoms with Gasteiger partial charge in [0.1, 0.15) is 17.2 Å². The molecule has 0 bridgehead atoms. The van der Waals surface area contributed by atoms with Crippen LogP contribution in [0.2, 0.25) is 5.02 Å². The van der Waals surface area contributed by atoms with Crippen LogP contribution in [0.4, 0.5) is 16.2 Å². The molecule has 118 valence electrons. The predicted molar refractivity (Wildman–Crippen MR) is 83.1 cm³/mol. The van der Waals surface area contributed by atoms with Crippen LogP contribution in [0.5, 0.6) is 17.2 Å². The molecule has 6 nitrogen and oxygen atoms in total. The summed E-state index contributed by atoms with van der Waals surface area (Å²) in [6.45, 7) is 2.79. The zero-order valence-corrected chi connectivity index (χ0v) is 13.1. The summed E-state index contributed by atoms with van der Waals surface area (Å²) in [5.74, 6) is 0.751. The molecule has 0 aliphatic carbocycles. The normalized spacial score (nSPS) is 11.3. The number of alkyl halides is 1. The average molecular weight is 327 g/mol. The zero-order valence-electron chi connectivity index (χ0n) is 12.4. The molecule has 1 aromatic carbocycles. The van der Waals surface area contributed by atoms with E-state index in [2.05, 4.69) is 9.97 Å². The van der Waals surface area contributed by atoms with Crippen molar-refractivity contribution in [1.29, 1.82) is 0 Å². The van der Waals surface area contributed by atoms with Gasteiger partial charge in [-0.15, -0.1) is 0 Å². The topological polar surface area (TPSA) is 96.3 Å². The van der Waals surface area contributed by atoms with Crippen molar-refractivity contribution in [2.75, 3.05) is 18.6 Å². The Kier molecular flexibility index (Phi) is 4.27. The van der Waals surface area contributed by atoms with Crippen LogP contribution in [0.3, 0.4) is 0 Å². The highest BCUT2D eigenvalue weighted by Crippen LogP contribution is 2.41. The summed E-state index contributed by atoms with van der Waals surface area (Å²) in [4.78, 5) is 7.58. The molecular formula is C14H16ClFN4O2. The minimum Gasteiger partial charge on any atom is -0.495 e. The lowest BCUT2D eigenvalue weighted by atomic mass is 9.98. The molecule has 1 aromatic heterocycles. The molecule has 8 heteroatoms. The van der Waals surface area contributed by atoms with E-state index in [-0.39, 0.29) is 33.9 Å². The second-order valence-electron chi connectivity index (χ2n) is 5.04. The third kappa shape index (κ3) is 3.30.